The molecule has 2 aromatic heterocycles. The lowest BCUT2D eigenvalue weighted by molar-refractivity contribution is -0.154. The zero-order chi connectivity index (χ0) is 19.8. The van der Waals surface area contributed by atoms with Gasteiger partial charge < -0.3 is 35.8 Å². The molecule has 3 rings (SSSR count). The van der Waals surface area contributed by atoms with Gasteiger partial charge in [-0.05, 0) is 0 Å². The molecule has 0 amide bonds. The van der Waals surface area contributed by atoms with Gasteiger partial charge in [0.25, 0.3) is 0 Å². The van der Waals surface area contributed by atoms with Crippen LogP contribution in [0, 0.1) is 0 Å². The van der Waals surface area contributed by atoms with E-state index in [0.29, 0.717) is 0 Å². The van der Waals surface area contributed by atoms with Crippen molar-refractivity contribution < 1.29 is 38.3 Å². The molecule has 14 nitrogen and oxygen atoms in total. The van der Waals surface area contributed by atoms with Crippen LogP contribution < -0.4 is 11.5 Å². The number of carbonyl (C=O) groups is 1. The summed E-state index contributed by atoms with van der Waals surface area (Å²) in [5.41, 5.74) is 11.4. The summed E-state index contributed by atoms with van der Waals surface area (Å²) in [7, 11) is -4.81. The van der Waals surface area contributed by atoms with Crippen LogP contribution >= 0.6 is 7.82 Å². The van der Waals surface area contributed by atoms with Crippen LogP contribution in [0.3, 0.4) is 0 Å². The monoisotopic (exact) mass is 404 g/mol. The number of aromatic nitrogens is 4. The minimum Gasteiger partial charge on any atom is -0.456 e. The van der Waals surface area contributed by atoms with Gasteiger partial charge in [-0.1, -0.05) is 0 Å². The number of nitrogen functional groups attached to an aromatic ring is 1. The van der Waals surface area contributed by atoms with Crippen molar-refractivity contribution in [1.29, 1.82) is 0 Å². The van der Waals surface area contributed by atoms with Crippen LogP contribution in [0.4, 0.5) is 5.82 Å². The predicted octanol–water partition coefficient (Wildman–Crippen LogP) is -2.35. The first-order valence-electron chi connectivity index (χ1n) is 7.57. The van der Waals surface area contributed by atoms with Crippen molar-refractivity contribution in [2.75, 3.05) is 18.9 Å². The fraction of sp³-hybridized carbons (Fsp3) is 0.500. The van der Waals surface area contributed by atoms with E-state index in [1.165, 1.54) is 17.2 Å². The number of imidazole rings is 1. The van der Waals surface area contributed by atoms with Crippen molar-refractivity contribution in [2.24, 2.45) is 5.73 Å². The normalized spacial score (nSPS) is 25.8. The van der Waals surface area contributed by atoms with Gasteiger partial charge in [0.05, 0.1) is 19.5 Å². The second-order valence-electron chi connectivity index (χ2n) is 5.58. The van der Waals surface area contributed by atoms with Crippen molar-refractivity contribution in [1.82, 2.24) is 19.5 Å². The summed E-state index contributed by atoms with van der Waals surface area (Å²) < 4.78 is 27.4. The number of nitrogens with zero attached hydrogens (tertiary/aromatic N) is 4. The van der Waals surface area contributed by atoms with Gasteiger partial charge in [0.1, 0.15) is 24.1 Å². The van der Waals surface area contributed by atoms with Crippen LogP contribution in [0.1, 0.15) is 6.23 Å². The summed E-state index contributed by atoms with van der Waals surface area (Å²) in [5.74, 6) is -0.731. The SMILES string of the molecule is NCC(=O)OC1C(COP(=O)(O)O)OC(n2cnc3c(N)ncnc32)C1O. The lowest BCUT2D eigenvalue weighted by atomic mass is 10.1. The number of aliphatic hydroxyl groups excluding tert-OH is 1. The summed E-state index contributed by atoms with van der Waals surface area (Å²) in [5, 5.41) is 10.6. The molecule has 0 radical (unpaired) electrons. The predicted molar refractivity (Wildman–Crippen MR) is 86.6 cm³/mol. The van der Waals surface area contributed by atoms with Crippen molar-refractivity contribution in [3.05, 3.63) is 12.7 Å². The number of hydrogen-bond acceptors (Lipinski definition) is 11. The lowest BCUT2D eigenvalue weighted by Crippen LogP contribution is -2.39. The highest BCUT2D eigenvalue weighted by Crippen LogP contribution is 2.39. The average molecular weight is 404 g/mol. The molecule has 1 aliphatic rings. The van der Waals surface area contributed by atoms with Crippen LogP contribution in [0.15, 0.2) is 12.7 Å². The molecule has 15 heteroatoms. The molecule has 1 fully saturated rings. The molecular weight excluding hydrogens is 387 g/mol. The second kappa shape index (κ2) is 7.44. The summed E-state index contributed by atoms with van der Waals surface area (Å²) >= 11 is 0. The molecule has 4 atom stereocenters. The zero-order valence-electron chi connectivity index (χ0n) is 13.7. The van der Waals surface area contributed by atoms with Crippen LogP contribution in [-0.4, -0.2) is 71.8 Å². The van der Waals surface area contributed by atoms with E-state index in [1.807, 2.05) is 0 Å². The smallest absolute Gasteiger partial charge is 0.456 e. The van der Waals surface area contributed by atoms with Crippen LogP contribution in [-0.2, 0) is 23.4 Å². The Bertz CT molecular complexity index is 886. The molecular formula is C12H17N6O8P. The molecule has 4 unspecified atom stereocenters. The molecule has 148 valence electrons. The molecule has 1 saturated heterocycles. The van der Waals surface area contributed by atoms with Crippen LogP contribution in [0.2, 0.25) is 0 Å². The third-order valence-corrected chi connectivity index (χ3v) is 4.30. The quantitative estimate of drug-likeness (QED) is 0.252. The standard InChI is InChI=1S/C12H17N6O8P/c13-1-6(19)26-9-5(2-24-27(21,22)23)25-12(8(9)20)18-4-17-7-10(14)15-3-16-11(7)18/h3-5,8-9,12,20H,1-2,13H2,(H2,14,15,16)(H2,21,22,23). The zero-order valence-corrected chi connectivity index (χ0v) is 14.5. The first kappa shape index (κ1) is 19.6. The van der Waals surface area contributed by atoms with E-state index in [0.717, 1.165) is 0 Å². The first-order chi connectivity index (χ1) is 12.7. The van der Waals surface area contributed by atoms with Crippen molar-refractivity contribution in [3.63, 3.8) is 0 Å². The number of nitrogens with two attached hydrogens (primary N) is 2. The van der Waals surface area contributed by atoms with E-state index in [-0.39, 0.29) is 17.0 Å². The fourth-order valence-corrected chi connectivity index (χ4v) is 3.00. The Balaban J connectivity index is 1.90. The van der Waals surface area contributed by atoms with E-state index in [2.05, 4.69) is 19.5 Å². The van der Waals surface area contributed by atoms with Gasteiger partial charge in [-0.3, -0.25) is 13.9 Å². The highest BCUT2D eigenvalue weighted by Gasteiger charge is 2.48. The third-order valence-electron chi connectivity index (χ3n) is 3.81. The molecule has 7 N–H and O–H groups in total. The van der Waals surface area contributed by atoms with Crippen LogP contribution in [0.25, 0.3) is 11.2 Å². The number of aliphatic hydroxyl groups is 1. The Labute approximate surface area is 151 Å². The number of esters is 1. The Hall–Kier alpha value is -2.19. The topological polar surface area (TPSA) is 218 Å². The summed E-state index contributed by atoms with van der Waals surface area (Å²) in [6, 6.07) is 0. The highest BCUT2D eigenvalue weighted by atomic mass is 31.2. The Morgan fingerprint density at radius 2 is 2.11 bits per heavy atom. The van der Waals surface area contributed by atoms with Gasteiger partial charge in [-0.2, -0.15) is 0 Å². The van der Waals surface area contributed by atoms with Gasteiger partial charge in [0.2, 0.25) is 0 Å². The molecule has 1 aliphatic heterocycles. The number of fused-ring (bicyclic) bond motifs is 1. The van der Waals surface area contributed by atoms with E-state index >= 15 is 0 Å². The van der Waals surface area contributed by atoms with Gasteiger partial charge in [0.15, 0.2) is 23.8 Å². The highest BCUT2D eigenvalue weighted by molar-refractivity contribution is 7.46. The lowest BCUT2D eigenvalue weighted by Gasteiger charge is -2.20. The van der Waals surface area contributed by atoms with Gasteiger partial charge in [-0.15, -0.1) is 0 Å². The number of phosphoric acid groups is 1. The maximum atomic E-state index is 11.5. The largest absolute Gasteiger partial charge is 0.469 e. The van der Waals surface area contributed by atoms with E-state index in [1.54, 1.807) is 0 Å². The Morgan fingerprint density at radius 3 is 2.78 bits per heavy atom. The maximum Gasteiger partial charge on any atom is 0.469 e. The van der Waals surface area contributed by atoms with Gasteiger partial charge in [-0.25, -0.2) is 19.5 Å². The molecule has 0 spiro atoms. The fourth-order valence-electron chi connectivity index (χ4n) is 2.66. The second-order valence-corrected chi connectivity index (χ2v) is 6.82. The molecule has 2 aromatic rings. The molecule has 0 aliphatic carbocycles. The molecule has 0 saturated carbocycles. The van der Waals surface area contributed by atoms with E-state index in [9.17, 15) is 14.5 Å². The molecule has 0 bridgehead atoms. The van der Waals surface area contributed by atoms with Gasteiger partial charge in [0, 0.05) is 0 Å². The first-order valence-corrected chi connectivity index (χ1v) is 9.10. The van der Waals surface area contributed by atoms with Crippen molar-refractivity contribution in [2.45, 2.75) is 24.5 Å². The number of anilines is 1. The Morgan fingerprint density at radius 1 is 1.37 bits per heavy atom. The maximum absolute atomic E-state index is 11.5. The number of ether oxygens (including phenoxy) is 2. The number of carbonyl (C=O) groups excluding carboxylic acids is 1. The number of hydrogen-bond donors (Lipinski definition) is 5. The minimum absolute atomic E-state index is 0.110. The minimum atomic E-state index is -4.81. The summed E-state index contributed by atoms with van der Waals surface area (Å²) in [6.45, 7) is -1.11. The summed E-state index contributed by atoms with van der Waals surface area (Å²) in [6.07, 6.45) is -2.58. The number of phosphoric ester groups is 1. The average Bonchev–Trinajstić information content (AvgIpc) is 3.15. The molecule has 0 aromatic carbocycles. The molecule has 3 heterocycles. The van der Waals surface area contributed by atoms with E-state index < -0.39 is 51.5 Å². The number of rotatable bonds is 6. The molecule has 27 heavy (non-hydrogen) atoms. The Kier molecular flexibility index (Phi) is 5.39. The van der Waals surface area contributed by atoms with Crippen LogP contribution in [0.5, 0.6) is 0 Å². The third kappa shape index (κ3) is 4.06. The van der Waals surface area contributed by atoms with E-state index in [4.69, 9.17) is 30.7 Å². The van der Waals surface area contributed by atoms with Gasteiger partial charge >= 0.3 is 13.8 Å². The van der Waals surface area contributed by atoms with Crippen molar-refractivity contribution in [3.8, 4) is 0 Å². The summed E-state index contributed by atoms with van der Waals surface area (Å²) in [4.78, 5) is 41.2. The van der Waals surface area contributed by atoms with Crippen molar-refractivity contribution >= 4 is 30.8 Å².